The third-order valence-corrected chi connectivity index (χ3v) is 4.33. The molecule has 0 aliphatic carbocycles. The molecule has 1 fully saturated rings. The van der Waals surface area contributed by atoms with Crippen molar-refractivity contribution in [3.63, 3.8) is 0 Å². The Morgan fingerprint density at radius 3 is 2.65 bits per heavy atom. The summed E-state index contributed by atoms with van der Waals surface area (Å²) in [4.78, 5) is 22.9. The number of nitrogens with one attached hydrogen (secondary N) is 2. The number of thioether (sulfide) groups is 1. The summed E-state index contributed by atoms with van der Waals surface area (Å²) in [7, 11) is 0. The Balaban J connectivity index is 1.96. The largest absolute Gasteiger partial charge is 0.478 e. The molecule has 0 atom stereocenters. The van der Waals surface area contributed by atoms with Gasteiger partial charge in [0.2, 0.25) is 0 Å². The zero-order valence-corrected chi connectivity index (χ0v) is 12.1. The average Bonchev–Trinajstić information content (AvgIpc) is 2.41. The van der Waals surface area contributed by atoms with Gasteiger partial charge in [0.1, 0.15) is 0 Å². The van der Waals surface area contributed by atoms with Gasteiger partial charge in [0.05, 0.1) is 5.56 Å². The molecule has 20 heavy (non-hydrogen) atoms. The Morgan fingerprint density at radius 2 is 2.00 bits per heavy atom. The van der Waals surface area contributed by atoms with Gasteiger partial charge in [-0.05, 0) is 49.0 Å². The van der Waals surface area contributed by atoms with Gasteiger partial charge in [0.15, 0.2) is 0 Å². The fourth-order valence-electron chi connectivity index (χ4n) is 2.12. The van der Waals surface area contributed by atoms with E-state index in [4.69, 9.17) is 5.11 Å². The van der Waals surface area contributed by atoms with Gasteiger partial charge in [-0.3, -0.25) is 0 Å². The van der Waals surface area contributed by atoms with Crippen LogP contribution in [-0.2, 0) is 0 Å². The SMILES string of the molecule is Cc1ccc(NC(=O)NC2CCSCC2)cc1C(=O)O. The van der Waals surface area contributed by atoms with Crippen LogP contribution in [0.25, 0.3) is 0 Å². The summed E-state index contributed by atoms with van der Waals surface area (Å²) in [5.41, 5.74) is 1.38. The van der Waals surface area contributed by atoms with Gasteiger partial charge in [-0.1, -0.05) is 6.07 Å². The number of amides is 2. The van der Waals surface area contributed by atoms with E-state index in [2.05, 4.69) is 10.6 Å². The van der Waals surface area contributed by atoms with Crippen LogP contribution >= 0.6 is 11.8 Å². The first-order valence-corrected chi connectivity index (χ1v) is 7.71. The Kier molecular flexibility index (Phi) is 4.89. The molecule has 1 heterocycles. The van der Waals surface area contributed by atoms with Crippen molar-refractivity contribution in [3.05, 3.63) is 29.3 Å². The molecule has 0 saturated carbocycles. The van der Waals surface area contributed by atoms with E-state index in [1.54, 1.807) is 19.1 Å². The highest BCUT2D eigenvalue weighted by Crippen LogP contribution is 2.18. The minimum Gasteiger partial charge on any atom is -0.478 e. The monoisotopic (exact) mass is 294 g/mol. The number of hydrogen-bond acceptors (Lipinski definition) is 3. The normalized spacial score (nSPS) is 15.7. The molecule has 1 aromatic rings. The molecule has 0 bridgehead atoms. The van der Waals surface area contributed by atoms with Crippen molar-refractivity contribution >= 4 is 29.4 Å². The summed E-state index contributed by atoms with van der Waals surface area (Å²) in [6, 6.07) is 4.81. The highest BCUT2D eigenvalue weighted by atomic mass is 32.2. The van der Waals surface area contributed by atoms with Crippen molar-refractivity contribution in [2.45, 2.75) is 25.8 Å². The Morgan fingerprint density at radius 1 is 1.30 bits per heavy atom. The van der Waals surface area contributed by atoms with Crippen LogP contribution in [0.15, 0.2) is 18.2 Å². The number of carbonyl (C=O) groups excluding carboxylic acids is 1. The van der Waals surface area contributed by atoms with E-state index < -0.39 is 5.97 Å². The molecule has 1 aliphatic heterocycles. The van der Waals surface area contributed by atoms with Crippen LogP contribution in [0.2, 0.25) is 0 Å². The van der Waals surface area contributed by atoms with E-state index in [9.17, 15) is 9.59 Å². The minimum absolute atomic E-state index is 0.205. The maximum atomic E-state index is 11.9. The van der Waals surface area contributed by atoms with E-state index in [1.807, 2.05) is 11.8 Å². The lowest BCUT2D eigenvalue weighted by atomic mass is 10.1. The second-order valence-electron chi connectivity index (χ2n) is 4.82. The number of aryl methyl sites for hydroxylation is 1. The number of aromatic carboxylic acids is 1. The zero-order chi connectivity index (χ0) is 14.5. The predicted octanol–water partition coefficient (Wildman–Crippen LogP) is 2.71. The van der Waals surface area contributed by atoms with E-state index >= 15 is 0 Å². The number of rotatable bonds is 3. The molecular weight excluding hydrogens is 276 g/mol. The molecular formula is C14H18N2O3S. The van der Waals surface area contributed by atoms with Gasteiger partial charge < -0.3 is 15.7 Å². The van der Waals surface area contributed by atoms with Crippen LogP contribution < -0.4 is 10.6 Å². The highest BCUT2D eigenvalue weighted by molar-refractivity contribution is 7.99. The van der Waals surface area contributed by atoms with Crippen LogP contribution in [0.4, 0.5) is 10.5 Å². The van der Waals surface area contributed by atoms with Crippen LogP contribution in [0.3, 0.4) is 0 Å². The number of hydrogen-bond donors (Lipinski definition) is 3. The third kappa shape index (κ3) is 3.90. The van der Waals surface area contributed by atoms with Gasteiger partial charge in [0, 0.05) is 11.7 Å². The van der Waals surface area contributed by atoms with E-state index in [0.717, 1.165) is 24.3 Å². The fourth-order valence-corrected chi connectivity index (χ4v) is 3.23. The molecule has 6 heteroatoms. The van der Waals surface area contributed by atoms with E-state index in [1.165, 1.54) is 6.07 Å². The molecule has 1 saturated heterocycles. The molecule has 5 nitrogen and oxygen atoms in total. The summed E-state index contributed by atoms with van der Waals surface area (Å²) in [6.45, 7) is 1.73. The van der Waals surface area contributed by atoms with Crippen molar-refractivity contribution in [2.24, 2.45) is 0 Å². The standard InChI is InChI=1S/C14H18N2O3S/c1-9-2-3-11(8-12(9)13(17)18)16-14(19)15-10-4-6-20-7-5-10/h2-3,8,10H,4-7H2,1H3,(H,17,18)(H2,15,16,19). The smallest absolute Gasteiger partial charge is 0.336 e. The van der Waals surface area contributed by atoms with Crippen molar-refractivity contribution in [2.75, 3.05) is 16.8 Å². The minimum atomic E-state index is -0.990. The van der Waals surface area contributed by atoms with Crippen LogP contribution in [-0.4, -0.2) is 34.7 Å². The summed E-state index contributed by atoms with van der Waals surface area (Å²) in [5, 5.41) is 14.7. The molecule has 108 valence electrons. The van der Waals surface area contributed by atoms with Crippen molar-refractivity contribution in [3.8, 4) is 0 Å². The quantitative estimate of drug-likeness (QED) is 0.801. The first-order valence-electron chi connectivity index (χ1n) is 6.55. The highest BCUT2D eigenvalue weighted by Gasteiger charge is 2.16. The molecule has 0 radical (unpaired) electrons. The maximum absolute atomic E-state index is 11.9. The van der Waals surface area contributed by atoms with Gasteiger partial charge >= 0.3 is 12.0 Å². The second kappa shape index (κ2) is 6.65. The number of carbonyl (C=O) groups is 2. The molecule has 0 aromatic heterocycles. The molecule has 1 aliphatic rings. The Hall–Kier alpha value is -1.69. The summed E-state index contributed by atoms with van der Waals surface area (Å²) in [6.07, 6.45) is 1.96. The number of anilines is 1. The predicted molar refractivity (Wildman–Crippen MR) is 80.6 cm³/mol. The molecule has 0 unspecified atom stereocenters. The lowest BCUT2D eigenvalue weighted by Gasteiger charge is -2.22. The first-order chi connectivity index (χ1) is 9.56. The van der Waals surface area contributed by atoms with Crippen LogP contribution in [0.5, 0.6) is 0 Å². The fraction of sp³-hybridized carbons (Fsp3) is 0.429. The number of urea groups is 1. The number of carboxylic acids is 1. The lowest BCUT2D eigenvalue weighted by molar-refractivity contribution is 0.0696. The molecule has 2 amide bonds. The van der Waals surface area contributed by atoms with Gasteiger partial charge in [-0.15, -0.1) is 0 Å². The number of benzene rings is 1. The first kappa shape index (κ1) is 14.7. The molecule has 0 spiro atoms. The summed E-state index contributed by atoms with van der Waals surface area (Å²) >= 11 is 1.90. The topological polar surface area (TPSA) is 78.4 Å². The van der Waals surface area contributed by atoms with Crippen molar-refractivity contribution < 1.29 is 14.7 Å². The van der Waals surface area contributed by atoms with Crippen molar-refractivity contribution in [1.29, 1.82) is 0 Å². The Labute approximate surface area is 122 Å². The van der Waals surface area contributed by atoms with Crippen LogP contribution in [0, 0.1) is 6.92 Å². The maximum Gasteiger partial charge on any atom is 0.336 e. The summed E-state index contributed by atoms with van der Waals surface area (Å²) in [5.74, 6) is 1.15. The van der Waals surface area contributed by atoms with Gasteiger partial charge in [0.25, 0.3) is 0 Å². The summed E-state index contributed by atoms with van der Waals surface area (Å²) < 4.78 is 0. The van der Waals surface area contributed by atoms with E-state index in [0.29, 0.717) is 11.3 Å². The van der Waals surface area contributed by atoms with E-state index in [-0.39, 0.29) is 17.6 Å². The lowest BCUT2D eigenvalue weighted by Crippen LogP contribution is -2.40. The molecule has 2 rings (SSSR count). The third-order valence-electron chi connectivity index (χ3n) is 3.28. The average molecular weight is 294 g/mol. The van der Waals surface area contributed by atoms with Gasteiger partial charge in [-0.2, -0.15) is 11.8 Å². The number of carboxylic acid groups (broad SMARTS) is 1. The van der Waals surface area contributed by atoms with Gasteiger partial charge in [-0.25, -0.2) is 9.59 Å². The van der Waals surface area contributed by atoms with Crippen LogP contribution in [0.1, 0.15) is 28.8 Å². The molecule has 1 aromatic carbocycles. The van der Waals surface area contributed by atoms with Crippen molar-refractivity contribution in [1.82, 2.24) is 5.32 Å². The Bertz CT molecular complexity index is 513. The molecule has 3 N–H and O–H groups in total. The second-order valence-corrected chi connectivity index (χ2v) is 6.04. The zero-order valence-electron chi connectivity index (χ0n) is 11.3.